The predicted molar refractivity (Wildman–Crippen MR) is 91.3 cm³/mol. The molecule has 1 aliphatic carbocycles. The highest BCUT2D eigenvalue weighted by molar-refractivity contribution is 5.83. The third kappa shape index (κ3) is 3.34. The maximum Gasteiger partial charge on any atom is 0.227 e. The van der Waals surface area contributed by atoms with Crippen LogP contribution in [0.4, 0.5) is 4.39 Å². The van der Waals surface area contributed by atoms with E-state index in [1.54, 1.807) is 12.1 Å². The third-order valence-electron chi connectivity index (χ3n) is 4.60. The summed E-state index contributed by atoms with van der Waals surface area (Å²) in [6.45, 7) is 4.39. The number of hydrogen-bond acceptors (Lipinski definition) is 2. The Morgan fingerprint density at radius 2 is 1.96 bits per heavy atom. The first-order valence-corrected chi connectivity index (χ1v) is 8.35. The summed E-state index contributed by atoms with van der Waals surface area (Å²) >= 11 is 0. The van der Waals surface area contributed by atoms with Gasteiger partial charge in [0.05, 0.1) is 12.0 Å². The Morgan fingerprint density at radius 1 is 1.25 bits per heavy atom. The maximum atomic E-state index is 13.0. The number of rotatable bonds is 5. The van der Waals surface area contributed by atoms with Gasteiger partial charge in [0.15, 0.2) is 0 Å². The molecule has 0 aliphatic heterocycles. The summed E-state index contributed by atoms with van der Waals surface area (Å²) in [4.78, 5) is 12.6. The summed E-state index contributed by atoms with van der Waals surface area (Å²) in [5.74, 6) is -0.699. The molecule has 0 aromatic heterocycles. The summed E-state index contributed by atoms with van der Waals surface area (Å²) in [6, 6.07) is 14.1. The van der Waals surface area contributed by atoms with Crippen molar-refractivity contribution in [1.29, 1.82) is 0 Å². The molecule has 0 radical (unpaired) electrons. The van der Waals surface area contributed by atoms with E-state index in [0.717, 1.165) is 17.5 Å². The van der Waals surface area contributed by atoms with Gasteiger partial charge in [-0.3, -0.25) is 4.79 Å². The smallest absolute Gasteiger partial charge is 0.227 e. The van der Waals surface area contributed by atoms with E-state index in [9.17, 15) is 9.18 Å². The lowest BCUT2D eigenvalue weighted by atomic mass is 9.99. The molecule has 3 rings (SSSR count). The fourth-order valence-electron chi connectivity index (χ4n) is 3.28. The summed E-state index contributed by atoms with van der Waals surface area (Å²) < 4.78 is 18.9. The van der Waals surface area contributed by atoms with Gasteiger partial charge in [-0.05, 0) is 49.1 Å². The number of fused-ring (bicyclic) bond motifs is 1. The first kappa shape index (κ1) is 16.7. The van der Waals surface area contributed by atoms with Crippen LogP contribution in [-0.2, 0) is 16.0 Å². The second-order valence-corrected chi connectivity index (χ2v) is 6.17. The minimum absolute atomic E-state index is 0.0656. The van der Waals surface area contributed by atoms with Gasteiger partial charge >= 0.3 is 0 Å². The number of halogens is 1. The van der Waals surface area contributed by atoms with Crippen molar-refractivity contribution in [2.45, 2.75) is 38.3 Å². The molecule has 0 unspecified atom stereocenters. The Balaban J connectivity index is 1.73. The van der Waals surface area contributed by atoms with Crippen LogP contribution in [0.2, 0.25) is 0 Å². The molecule has 0 saturated carbocycles. The van der Waals surface area contributed by atoms with Crippen molar-refractivity contribution in [3.05, 3.63) is 71.0 Å². The van der Waals surface area contributed by atoms with E-state index in [1.807, 2.05) is 26.0 Å². The van der Waals surface area contributed by atoms with E-state index in [-0.39, 0.29) is 29.8 Å². The van der Waals surface area contributed by atoms with Crippen molar-refractivity contribution in [2.24, 2.45) is 0 Å². The zero-order chi connectivity index (χ0) is 17.1. The van der Waals surface area contributed by atoms with Crippen molar-refractivity contribution < 1.29 is 13.9 Å². The Hall–Kier alpha value is -2.20. The molecule has 3 nitrogen and oxygen atoms in total. The first-order valence-electron chi connectivity index (χ1n) is 8.35. The minimum Gasteiger partial charge on any atom is -0.372 e. The summed E-state index contributed by atoms with van der Waals surface area (Å²) in [5.41, 5.74) is 3.17. The zero-order valence-corrected chi connectivity index (χ0v) is 14.0. The highest BCUT2D eigenvalue weighted by atomic mass is 19.1. The number of nitrogens with one attached hydrogen (secondary N) is 1. The quantitative estimate of drug-likeness (QED) is 0.908. The number of carbonyl (C=O) groups excluding carboxylic acids is 1. The molecule has 0 saturated heterocycles. The van der Waals surface area contributed by atoms with Gasteiger partial charge in [0.25, 0.3) is 0 Å². The predicted octanol–water partition coefficient (Wildman–Crippen LogP) is 3.75. The SMILES string of the molecule is CCO[C@H]1c2ccccc2C[C@@H]1NC(=O)[C@@H](C)c1ccc(F)cc1. The summed E-state index contributed by atoms with van der Waals surface area (Å²) in [6.07, 6.45) is 0.651. The molecule has 1 aliphatic rings. The highest BCUT2D eigenvalue weighted by Gasteiger charge is 2.34. The topological polar surface area (TPSA) is 38.3 Å². The van der Waals surface area contributed by atoms with Gasteiger partial charge in [0, 0.05) is 6.61 Å². The zero-order valence-electron chi connectivity index (χ0n) is 14.0. The first-order chi connectivity index (χ1) is 11.6. The second-order valence-electron chi connectivity index (χ2n) is 6.17. The number of ether oxygens (including phenoxy) is 1. The molecule has 24 heavy (non-hydrogen) atoms. The number of amides is 1. The number of hydrogen-bond donors (Lipinski definition) is 1. The van der Waals surface area contributed by atoms with Gasteiger partial charge in [-0.25, -0.2) is 4.39 Å². The van der Waals surface area contributed by atoms with E-state index in [4.69, 9.17) is 4.74 Å². The van der Waals surface area contributed by atoms with Crippen LogP contribution in [0, 0.1) is 5.82 Å². The van der Waals surface area contributed by atoms with Gasteiger partial charge in [0.1, 0.15) is 11.9 Å². The molecule has 1 N–H and O–H groups in total. The van der Waals surface area contributed by atoms with Crippen LogP contribution in [0.25, 0.3) is 0 Å². The van der Waals surface area contributed by atoms with Crippen molar-refractivity contribution in [2.75, 3.05) is 6.61 Å². The van der Waals surface area contributed by atoms with E-state index < -0.39 is 0 Å². The molecular weight excluding hydrogens is 305 g/mol. The molecule has 0 spiro atoms. The lowest BCUT2D eigenvalue weighted by Gasteiger charge is -2.23. The Kier molecular flexibility index (Phi) is 4.95. The van der Waals surface area contributed by atoms with Crippen molar-refractivity contribution >= 4 is 5.91 Å². The Labute approximate surface area is 141 Å². The van der Waals surface area contributed by atoms with Crippen molar-refractivity contribution in [3.63, 3.8) is 0 Å². The van der Waals surface area contributed by atoms with Gasteiger partial charge < -0.3 is 10.1 Å². The standard InChI is InChI=1S/C20H22FNO2/c1-3-24-19-17-7-5-4-6-15(17)12-18(19)22-20(23)13(2)14-8-10-16(21)11-9-14/h4-11,13,18-19H,3,12H2,1-2H3,(H,22,23)/t13-,18-,19-/m0/s1. The van der Waals surface area contributed by atoms with E-state index in [2.05, 4.69) is 17.4 Å². The molecule has 4 heteroatoms. The molecule has 126 valence electrons. The van der Waals surface area contributed by atoms with Gasteiger partial charge in [0.2, 0.25) is 5.91 Å². The van der Waals surface area contributed by atoms with E-state index >= 15 is 0 Å². The second kappa shape index (κ2) is 7.14. The Morgan fingerprint density at radius 3 is 2.67 bits per heavy atom. The average Bonchev–Trinajstić information content (AvgIpc) is 2.93. The highest BCUT2D eigenvalue weighted by Crippen LogP contribution is 2.34. The van der Waals surface area contributed by atoms with Crippen LogP contribution in [0.5, 0.6) is 0 Å². The molecule has 3 atom stereocenters. The van der Waals surface area contributed by atoms with Crippen molar-refractivity contribution in [3.8, 4) is 0 Å². The minimum atomic E-state index is -0.336. The maximum absolute atomic E-state index is 13.0. The van der Waals surface area contributed by atoms with Crippen LogP contribution in [0.1, 0.15) is 42.6 Å². The fraction of sp³-hybridized carbons (Fsp3) is 0.350. The molecule has 0 bridgehead atoms. The van der Waals surface area contributed by atoms with Crippen LogP contribution >= 0.6 is 0 Å². The lowest BCUT2D eigenvalue weighted by Crippen LogP contribution is -2.40. The molecule has 0 fully saturated rings. The molecule has 0 heterocycles. The van der Waals surface area contributed by atoms with Crippen LogP contribution < -0.4 is 5.32 Å². The van der Waals surface area contributed by atoms with E-state index in [1.165, 1.54) is 17.7 Å². The number of carbonyl (C=O) groups is 1. The van der Waals surface area contributed by atoms with Gasteiger partial charge in [-0.15, -0.1) is 0 Å². The Bertz CT molecular complexity index is 714. The normalized spacial score (nSPS) is 20.5. The summed E-state index contributed by atoms with van der Waals surface area (Å²) in [7, 11) is 0. The average molecular weight is 327 g/mol. The molecule has 2 aromatic carbocycles. The van der Waals surface area contributed by atoms with Crippen molar-refractivity contribution in [1.82, 2.24) is 5.32 Å². The largest absolute Gasteiger partial charge is 0.372 e. The van der Waals surface area contributed by atoms with E-state index in [0.29, 0.717) is 6.61 Å². The number of benzene rings is 2. The monoisotopic (exact) mass is 327 g/mol. The lowest BCUT2D eigenvalue weighted by molar-refractivity contribution is -0.124. The fourth-order valence-corrected chi connectivity index (χ4v) is 3.28. The van der Waals surface area contributed by atoms with Gasteiger partial charge in [-0.2, -0.15) is 0 Å². The molecule has 1 amide bonds. The molecular formula is C20H22FNO2. The van der Waals surface area contributed by atoms with Gasteiger partial charge in [-0.1, -0.05) is 36.4 Å². The third-order valence-corrected chi connectivity index (χ3v) is 4.60. The molecule has 2 aromatic rings. The van der Waals surface area contributed by atoms with Crippen LogP contribution in [0.15, 0.2) is 48.5 Å². The summed E-state index contributed by atoms with van der Waals surface area (Å²) in [5, 5.41) is 3.12. The van der Waals surface area contributed by atoms with Crippen LogP contribution in [-0.4, -0.2) is 18.6 Å². The van der Waals surface area contributed by atoms with Crippen LogP contribution in [0.3, 0.4) is 0 Å².